The van der Waals surface area contributed by atoms with Gasteiger partial charge in [-0.15, -0.1) is 0 Å². The van der Waals surface area contributed by atoms with Gasteiger partial charge < -0.3 is 19.9 Å². The van der Waals surface area contributed by atoms with E-state index in [9.17, 15) is 9.59 Å². The Morgan fingerprint density at radius 3 is 2.66 bits per heavy atom. The van der Waals surface area contributed by atoms with E-state index >= 15 is 0 Å². The fourth-order valence-corrected chi connectivity index (χ4v) is 3.53. The monoisotopic (exact) mass is 392 g/mol. The van der Waals surface area contributed by atoms with Crippen molar-refractivity contribution >= 4 is 5.82 Å². The van der Waals surface area contributed by atoms with Gasteiger partial charge in [-0.25, -0.2) is 0 Å². The van der Waals surface area contributed by atoms with Crippen LogP contribution in [0.5, 0.6) is 5.75 Å². The molecule has 0 unspecified atom stereocenters. The van der Waals surface area contributed by atoms with Gasteiger partial charge in [0.05, 0.1) is 0 Å². The average Bonchev–Trinajstić information content (AvgIpc) is 3.23. The molecule has 1 aromatic carbocycles. The van der Waals surface area contributed by atoms with Crippen LogP contribution in [-0.4, -0.2) is 35.7 Å². The van der Waals surface area contributed by atoms with Crippen molar-refractivity contribution in [3.05, 3.63) is 87.1 Å². The summed E-state index contributed by atoms with van der Waals surface area (Å²) in [5.74, 6) is 1.24. The average molecular weight is 392 g/mol. The summed E-state index contributed by atoms with van der Waals surface area (Å²) in [5, 5.41) is 3.26. The molecule has 150 valence electrons. The molecule has 1 fully saturated rings. The number of pyridine rings is 2. The van der Waals surface area contributed by atoms with Gasteiger partial charge in [0.25, 0.3) is 11.1 Å². The molecule has 0 bridgehead atoms. The molecule has 1 atom stereocenters. The van der Waals surface area contributed by atoms with E-state index in [1.165, 1.54) is 10.6 Å². The third-order valence-corrected chi connectivity index (χ3v) is 5.21. The number of hydrogen-bond acceptors (Lipinski definition) is 5. The first kappa shape index (κ1) is 19.0. The first-order valence-corrected chi connectivity index (χ1v) is 9.69. The Bertz CT molecular complexity index is 1090. The second-order valence-corrected chi connectivity index (χ2v) is 7.12. The Balaban J connectivity index is 1.51. The van der Waals surface area contributed by atoms with Crippen LogP contribution in [0.25, 0.3) is 5.69 Å². The van der Waals surface area contributed by atoms with Crippen molar-refractivity contribution in [2.75, 3.05) is 25.0 Å². The molecule has 7 nitrogen and oxygen atoms in total. The summed E-state index contributed by atoms with van der Waals surface area (Å²) >= 11 is 0. The van der Waals surface area contributed by atoms with E-state index in [0.29, 0.717) is 18.4 Å². The smallest absolute Gasteiger partial charge is 0.273 e. The number of nitrogens with zero attached hydrogens (tertiary/aromatic N) is 2. The number of benzene rings is 1. The summed E-state index contributed by atoms with van der Waals surface area (Å²) < 4.78 is 7.02. The van der Waals surface area contributed by atoms with Crippen molar-refractivity contribution < 1.29 is 4.74 Å². The predicted octanol–water partition coefficient (Wildman–Crippen LogP) is 1.90. The molecule has 4 rings (SSSR count). The Morgan fingerprint density at radius 1 is 1.14 bits per heavy atom. The third kappa shape index (κ3) is 4.25. The highest BCUT2D eigenvalue weighted by Crippen LogP contribution is 2.17. The predicted molar refractivity (Wildman–Crippen MR) is 113 cm³/mol. The minimum atomic E-state index is -0.315. The summed E-state index contributed by atoms with van der Waals surface area (Å²) in [7, 11) is 1.94. The minimum Gasteiger partial charge on any atom is -0.489 e. The highest BCUT2D eigenvalue weighted by atomic mass is 16.5. The van der Waals surface area contributed by atoms with Gasteiger partial charge in [0.1, 0.15) is 23.9 Å². The first-order chi connectivity index (χ1) is 14.1. The molecule has 0 saturated carbocycles. The number of aromatic amines is 1. The molecule has 3 heterocycles. The molecule has 2 aromatic heterocycles. The van der Waals surface area contributed by atoms with Crippen molar-refractivity contribution in [3.8, 4) is 11.4 Å². The summed E-state index contributed by atoms with van der Waals surface area (Å²) in [6, 6.07) is 16.8. The second kappa shape index (κ2) is 8.36. The third-order valence-electron chi connectivity index (χ3n) is 5.21. The number of likely N-dealkylation sites (N-methyl/N-ethyl adjacent to an activating group) is 1. The zero-order chi connectivity index (χ0) is 20.2. The van der Waals surface area contributed by atoms with E-state index in [0.717, 1.165) is 30.9 Å². The molecule has 1 aliphatic heterocycles. The van der Waals surface area contributed by atoms with Crippen LogP contribution in [0.2, 0.25) is 0 Å². The van der Waals surface area contributed by atoms with Gasteiger partial charge in [0.15, 0.2) is 0 Å². The van der Waals surface area contributed by atoms with E-state index in [2.05, 4.69) is 15.2 Å². The maximum Gasteiger partial charge on any atom is 0.273 e. The molecular weight excluding hydrogens is 368 g/mol. The van der Waals surface area contributed by atoms with Crippen LogP contribution in [0.15, 0.2) is 70.4 Å². The van der Waals surface area contributed by atoms with Crippen LogP contribution in [0.4, 0.5) is 5.82 Å². The molecule has 0 spiro atoms. The van der Waals surface area contributed by atoms with Gasteiger partial charge in [-0.3, -0.25) is 14.2 Å². The summed E-state index contributed by atoms with van der Waals surface area (Å²) in [6.45, 7) is 2.11. The van der Waals surface area contributed by atoms with Crippen LogP contribution in [-0.2, 0) is 6.61 Å². The van der Waals surface area contributed by atoms with Gasteiger partial charge in [0, 0.05) is 31.4 Å². The summed E-state index contributed by atoms with van der Waals surface area (Å²) in [4.78, 5) is 30.2. The molecule has 0 radical (unpaired) electrons. The molecule has 1 aliphatic rings. The van der Waals surface area contributed by atoms with Crippen molar-refractivity contribution in [1.82, 2.24) is 14.9 Å². The molecular formula is C22H24N4O3. The van der Waals surface area contributed by atoms with Gasteiger partial charge >= 0.3 is 0 Å². The zero-order valence-corrected chi connectivity index (χ0v) is 16.3. The standard InChI is InChI=1S/C22H24N4O3/c1-23-17-9-11-25(14-17)20-8-7-19(22(28)24-20)26-12-10-18(13-21(26)27)29-15-16-5-3-2-4-6-16/h2-8,10,12-13,17,23H,9,11,14-15H2,1H3,(H,24,28)/t17-/m1/s1. The van der Waals surface area contributed by atoms with Crippen molar-refractivity contribution in [3.63, 3.8) is 0 Å². The number of H-pyrrole nitrogens is 1. The lowest BCUT2D eigenvalue weighted by atomic mass is 10.2. The Morgan fingerprint density at radius 2 is 1.97 bits per heavy atom. The lowest BCUT2D eigenvalue weighted by Crippen LogP contribution is -2.31. The zero-order valence-electron chi connectivity index (χ0n) is 16.3. The van der Waals surface area contributed by atoms with E-state index in [4.69, 9.17) is 4.74 Å². The molecule has 0 amide bonds. The van der Waals surface area contributed by atoms with Crippen molar-refractivity contribution in [2.45, 2.75) is 19.1 Å². The van der Waals surface area contributed by atoms with Crippen molar-refractivity contribution in [1.29, 1.82) is 0 Å². The number of rotatable bonds is 6. The highest BCUT2D eigenvalue weighted by molar-refractivity contribution is 5.45. The lowest BCUT2D eigenvalue weighted by Gasteiger charge is -2.18. The topological polar surface area (TPSA) is 79.4 Å². The van der Waals surface area contributed by atoms with Crippen LogP contribution >= 0.6 is 0 Å². The molecule has 7 heteroatoms. The maximum atomic E-state index is 12.6. The van der Waals surface area contributed by atoms with E-state index < -0.39 is 0 Å². The van der Waals surface area contributed by atoms with E-state index in [-0.39, 0.29) is 16.8 Å². The molecule has 0 aliphatic carbocycles. The molecule has 29 heavy (non-hydrogen) atoms. The second-order valence-electron chi connectivity index (χ2n) is 7.12. The highest BCUT2D eigenvalue weighted by Gasteiger charge is 2.22. The van der Waals surface area contributed by atoms with E-state index in [1.807, 2.05) is 43.4 Å². The molecule has 1 saturated heterocycles. The van der Waals surface area contributed by atoms with Crippen LogP contribution in [0.1, 0.15) is 12.0 Å². The number of nitrogens with one attached hydrogen (secondary N) is 2. The van der Waals surface area contributed by atoms with E-state index in [1.54, 1.807) is 18.3 Å². The Labute approximate surface area is 168 Å². The van der Waals surface area contributed by atoms with Gasteiger partial charge in [-0.05, 0) is 37.2 Å². The normalized spacial score (nSPS) is 16.2. The van der Waals surface area contributed by atoms with Crippen LogP contribution < -0.4 is 26.1 Å². The number of hydrogen-bond donors (Lipinski definition) is 2. The molecule has 3 aromatic rings. The SMILES string of the molecule is CN[C@@H]1CCN(c2ccc(-n3ccc(OCc4ccccc4)cc3=O)c(=O)[nH]2)C1. The van der Waals surface area contributed by atoms with Gasteiger partial charge in [-0.1, -0.05) is 30.3 Å². The largest absolute Gasteiger partial charge is 0.489 e. The quantitative estimate of drug-likeness (QED) is 0.670. The van der Waals surface area contributed by atoms with Gasteiger partial charge in [-0.2, -0.15) is 0 Å². The van der Waals surface area contributed by atoms with Crippen LogP contribution in [0.3, 0.4) is 0 Å². The first-order valence-electron chi connectivity index (χ1n) is 9.69. The van der Waals surface area contributed by atoms with Gasteiger partial charge in [0.2, 0.25) is 0 Å². The molecule has 2 N–H and O–H groups in total. The number of aromatic nitrogens is 2. The van der Waals surface area contributed by atoms with Crippen molar-refractivity contribution in [2.24, 2.45) is 0 Å². The Kier molecular flexibility index (Phi) is 5.48. The fraction of sp³-hybridized carbons (Fsp3) is 0.273. The Hall–Kier alpha value is -3.32. The summed E-state index contributed by atoms with van der Waals surface area (Å²) in [5.41, 5.74) is 0.699. The van der Waals surface area contributed by atoms with Crippen LogP contribution in [0, 0.1) is 0 Å². The summed E-state index contributed by atoms with van der Waals surface area (Å²) in [6.07, 6.45) is 2.60. The lowest BCUT2D eigenvalue weighted by molar-refractivity contribution is 0.305. The maximum absolute atomic E-state index is 12.6. The fourth-order valence-electron chi connectivity index (χ4n) is 3.53. The minimum absolute atomic E-state index is 0.290. The number of anilines is 1. The number of ether oxygens (including phenoxy) is 1.